The Morgan fingerprint density at radius 2 is 2.07 bits per heavy atom. The Kier molecular flexibility index (Phi) is 4.36. The van der Waals surface area contributed by atoms with Crippen LogP contribution < -0.4 is 0 Å². The zero-order chi connectivity index (χ0) is 19.3. The number of halogens is 1. The molecule has 2 aromatic carbocycles. The van der Waals surface area contributed by atoms with E-state index >= 15 is 0 Å². The van der Waals surface area contributed by atoms with Gasteiger partial charge in [-0.15, -0.1) is 0 Å². The first-order chi connectivity index (χ1) is 13.6. The molecule has 0 radical (unpaired) electrons. The molecule has 1 aromatic heterocycles. The summed E-state index contributed by atoms with van der Waals surface area (Å²) in [6.07, 6.45) is 7.01. The summed E-state index contributed by atoms with van der Waals surface area (Å²) in [7, 11) is 0. The van der Waals surface area contributed by atoms with Crippen LogP contribution in [0.2, 0.25) is 0 Å². The molecule has 1 unspecified atom stereocenters. The van der Waals surface area contributed by atoms with Gasteiger partial charge in [-0.1, -0.05) is 29.8 Å². The summed E-state index contributed by atoms with van der Waals surface area (Å²) in [6, 6.07) is 12.2. The third-order valence-corrected chi connectivity index (χ3v) is 6.56. The lowest BCUT2D eigenvalue weighted by molar-refractivity contribution is 0.225. The smallest absolute Gasteiger partial charge is 0.123 e. The Morgan fingerprint density at radius 3 is 2.89 bits per heavy atom. The van der Waals surface area contributed by atoms with Crippen LogP contribution in [0.1, 0.15) is 47.7 Å². The van der Waals surface area contributed by atoms with Crippen molar-refractivity contribution in [1.82, 2.24) is 9.88 Å². The highest BCUT2D eigenvalue weighted by Gasteiger charge is 2.32. The normalized spacial score (nSPS) is 19.8. The van der Waals surface area contributed by atoms with Crippen LogP contribution in [0.25, 0.3) is 16.5 Å². The van der Waals surface area contributed by atoms with Crippen molar-refractivity contribution in [2.45, 2.75) is 52.1 Å². The molecule has 0 saturated carbocycles. The van der Waals surface area contributed by atoms with Crippen molar-refractivity contribution >= 4 is 16.5 Å². The lowest BCUT2D eigenvalue weighted by atomic mass is 9.94. The van der Waals surface area contributed by atoms with Crippen molar-refractivity contribution in [2.24, 2.45) is 0 Å². The lowest BCUT2D eigenvalue weighted by Crippen LogP contribution is -2.34. The van der Waals surface area contributed by atoms with Crippen LogP contribution in [0.3, 0.4) is 0 Å². The summed E-state index contributed by atoms with van der Waals surface area (Å²) in [5.41, 5.74) is 9.21. The summed E-state index contributed by atoms with van der Waals surface area (Å²) < 4.78 is 13.2. The number of fused-ring (bicyclic) bond motifs is 4. The van der Waals surface area contributed by atoms with E-state index in [0.717, 1.165) is 24.6 Å². The van der Waals surface area contributed by atoms with E-state index in [2.05, 4.69) is 41.9 Å². The number of H-pyrrole nitrogens is 1. The van der Waals surface area contributed by atoms with Crippen LogP contribution in [0, 0.1) is 12.7 Å². The van der Waals surface area contributed by atoms with Crippen molar-refractivity contribution in [3.63, 3.8) is 0 Å². The van der Waals surface area contributed by atoms with E-state index in [-0.39, 0.29) is 5.82 Å². The Bertz CT molecular complexity index is 1060. The first-order valence-corrected chi connectivity index (χ1v) is 10.4. The summed E-state index contributed by atoms with van der Waals surface area (Å²) in [4.78, 5) is 6.42. The second-order valence-corrected chi connectivity index (χ2v) is 8.50. The van der Waals surface area contributed by atoms with Gasteiger partial charge in [0.05, 0.1) is 0 Å². The minimum atomic E-state index is -0.186. The van der Waals surface area contributed by atoms with Gasteiger partial charge in [0.2, 0.25) is 0 Å². The standard InChI is InChI=1S/C25H27FN2/c1-16-12-19(6-5-17(2)18-7-9-20(26)10-8-18)25-23(13-16)22-14-21-4-3-11-28(21)15-24(22)27-25/h5,7-10,12-13,21,27H,3-4,6,11,14-15H2,1-2H3/b17-5+. The van der Waals surface area contributed by atoms with Crippen molar-refractivity contribution in [1.29, 1.82) is 0 Å². The highest BCUT2D eigenvalue weighted by atomic mass is 19.1. The molecule has 3 heterocycles. The Hall–Kier alpha value is -2.39. The Labute approximate surface area is 166 Å². The SMILES string of the molecule is C/C(=C\Cc1cc(C)cc2c3c([nH]c12)CN1CCCC1C3)c1ccc(F)cc1. The maximum absolute atomic E-state index is 13.2. The summed E-state index contributed by atoms with van der Waals surface area (Å²) in [5.74, 6) is -0.186. The average Bonchev–Trinajstić information content (AvgIpc) is 3.28. The number of aromatic nitrogens is 1. The molecular weight excluding hydrogens is 347 g/mol. The fourth-order valence-corrected chi connectivity index (χ4v) is 5.03. The molecule has 2 nitrogen and oxygen atoms in total. The highest BCUT2D eigenvalue weighted by molar-refractivity contribution is 5.89. The second kappa shape index (κ2) is 6.89. The molecule has 2 aliphatic heterocycles. The highest BCUT2D eigenvalue weighted by Crippen LogP contribution is 2.36. The quantitative estimate of drug-likeness (QED) is 0.615. The second-order valence-electron chi connectivity index (χ2n) is 8.50. The maximum atomic E-state index is 13.2. The molecule has 0 bridgehead atoms. The minimum Gasteiger partial charge on any atom is -0.357 e. The van der Waals surface area contributed by atoms with Gasteiger partial charge in [0, 0.05) is 29.2 Å². The Balaban J connectivity index is 1.50. The number of rotatable bonds is 3. The molecule has 2 aliphatic rings. The van der Waals surface area contributed by atoms with E-state index in [1.807, 2.05) is 12.1 Å². The number of hydrogen-bond acceptors (Lipinski definition) is 1. The van der Waals surface area contributed by atoms with Crippen molar-refractivity contribution in [3.05, 3.63) is 76.2 Å². The predicted molar refractivity (Wildman–Crippen MR) is 114 cm³/mol. The van der Waals surface area contributed by atoms with Gasteiger partial charge in [0.25, 0.3) is 0 Å². The molecule has 28 heavy (non-hydrogen) atoms. The topological polar surface area (TPSA) is 19.0 Å². The van der Waals surface area contributed by atoms with Crippen LogP contribution in [0.4, 0.5) is 4.39 Å². The molecule has 0 amide bonds. The van der Waals surface area contributed by atoms with Gasteiger partial charge in [-0.05, 0) is 86.5 Å². The van der Waals surface area contributed by atoms with Crippen molar-refractivity contribution < 1.29 is 4.39 Å². The van der Waals surface area contributed by atoms with Crippen LogP contribution in [-0.4, -0.2) is 22.5 Å². The van der Waals surface area contributed by atoms with E-state index in [0.29, 0.717) is 0 Å². The predicted octanol–water partition coefficient (Wildman–Crippen LogP) is 5.78. The summed E-state index contributed by atoms with van der Waals surface area (Å²) in [6.45, 7) is 6.61. The molecule has 3 heteroatoms. The largest absolute Gasteiger partial charge is 0.357 e. The van der Waals surface area contributed by atoms with Crippen LogP contribution >= 0.6 is 0 Å². The van der Waals surface area contributed by atoms with Gasteiger partial charge in [-0.25, -0.2) is 4.39 Å². The Morgan fingerprint density at radius 1 is 1.25 bits per heavy atom. The third kappa shape index (κ3) is 3.08. The first-order valence-electron chi connectivity index (χ1n) is 10.4. The monoisotopic (exact) mass is 374 g/mol. The fraction of sp³-hybridized carbons (Fsp3) is 0.360. The number of benzene rings is 2. The molecule has 0 aliphatic carbocycles. The van der Waals surface area contributed by atoms with Gasteiger partial charge in [-0.3, -0.25) is 4.90 Å². The molecule has 144 valence electrons. The zero-order valence-electron chi connectivity index (χ0n) is 16.7. The maximum Gasteiger partial charge on any atom is 0.123 e. The molecule has 3 aromatic rings. The van der Waals surface area contributed by atoms with E-state index in [9.17, 15) is 4.39 Å². The lowest BCUT2D eigenvalue weighted by Gasteiger charge is -2.29. The first kappa shape index (κ1) is 17.7. The third-order valence-electron chi connectivity index (χ3n) is 6.56. The van der Waals surface area contributed by atoms with Gasteiger partial charge in [0.15, 0.2) is 0 Å². The minimum absolute atomic E-state index is 0.186. The molecule has 1 atom stereocenters. The van der Waals surface area contributed by atoms with E-state index in [1.54, 1.807) is 5.56 Å². The number of hydrogen-bond donors (Lipinski definition) is 1. The molecule has 1 fully saturated rings. The van der Waals surface area contributed by atoms with Crippen LogP contribution in [0.15, 0.2) is 42.5 Å². The van der Waals surface area contributed by atoms with Crippen LogP contribution in [0.5, 0.6) is 0 Å². The van der Waals surface area contributed by atoms with Gasteiger partial charge in [-0.2, -0.15) is 0 Å². The van der Waals surface area contributed by atoms with E-state index in [1.165, 1.54) is 71.2 Å². The molecule has 1 N–H and O–H groups in total. The fourth-order valence-electron chi connectivity index (χ4n) is 5.03. The van der Waals surface area contributed by atoms with E-state index < -0.39 is 0 Å². The number of nitrogens with zero attached hydrogens (tertiary/aromatic N) is 1. The van der Waals surface area contributed by atoms with Gasteiger partial charge < -0.3 is 4.98 Å². The molecular formula is C25H27FN2. The average molecular weight is 375 g/mol. The number of aryl methyl sites for hydroxylation is 1. The zero-order valence-corrected chi connectivity index (χ0v) is 16.7. The van der Waals surface area contributed by atoms with Gasteiger partial charge in [0.1, 0.15) is 5.82 Å². The van der Waals surface area contributed by atoms with Crippen LogP contribution in [-0.2, 0) is 19.4 Å². The molecule has 0 spiro atoms. The molecule has 5 rings (SSSR count). The van der Waals surface area contributed by atoms with Gasteiger partial charge >= 0.3 is 0 Å². The molecule has 1 saturated heterocycles. The summed E-state index contributed by atoms with van der Waals surface area (Å²) >= 11 is 0. The number of nitrogens with one attached hydrogen (secondary N) is 1. The number of allylic oxidation sites excluding steroid dienone is 2. The van der Waals surface area contributed by atoms with E-state index in [4.69, 9.17) is 0 Å². The summed E-state index contributed by atoms with van der Waals surface area (Å²) in [5, 5.41) is 1.42. The number of aromatic amines is 1. The van der Waals surface area contributed by atoms with Crippen molar-refractivity contribution in [2.75, 3.05) is 6.54 Å². The van der Waals surface area contributed by atoms with Crippen molar-refractivity contribution in [3.8, 4) is 0 Å².